The van der Waals surface area contributed by atoms with Crippen molar-refractivity contribution in [2.24, 2.45) is 0 Å². The van der Waals surface area contributed by atoms with Crippen LogP contribution in [0.2, 0.25) is 0 Å². The molecule has 0 aromatic heterocycles. The molecule has 4 nitrogen and oxygen atoms in total. The molecule has 2 rings (SSSR count). The minimum absolute atomic E-state index is 0.130. The van der Waals surface area contributed by atoms with E-state index in [-0.39, 0.29) is 5.78 Å². The molecule has 0 bridgehead atoms. The van der Waals surface area contributed by atoms with Gasteiger partial charge in [-0.3, -0.25) is 4.79 Å². The highest BCUT2D eigenvalue weighted by molar-refractivity contribution is 5.98. The minimum atomic E-state index is -1.28. The molecule has 1 aromatic carbocycles. The molecule has 17 heavy (non-hydrogen) atoms. The molecule has 1 aliphatic carbocycles. The average molecular weight is 234 g/mol. The summed E-state index contributed by atoms with van der Waals surface area (Å²) in [6.45, 7) is 0. The van der Waals surface area contributed by atoms with Gasteiger partial charge in [0.15, 0.2) is 11.9 Å². The Labute approximate surface area is 99.2 Å². The van der Waals surface area contributed by atoms with Crippen molar-refractivity contribution in [2.75, 3.05) is 7.11 Å². The van der Waals surface area contributed by atoms with Gasteiger partial charge >= 0.3 is 5.97 Å². The second-order valence-electron chi connectivity index (χ2n) is 4.12. The molecule has 1 unspecified atom stereocenters. The summed E-state index contributed by atoms with van der Waals surface area (Å²) in [5, 5.41) is 9.70. The SMILES string of the molecule is COC(=O)C(O)c1ccc2c(c1)CCCC2=O. The molecule has 0 spiro atoms. The fraction of sp³-hybridized carbons (Fsp3) is 0.385. The molecule has 0 saturated carbocycles. The Kier molecular flexibility index (Phi) is 3.24. The number of carbonyl (C=O) groups excluding carboxylic acids is 2. The quantitative estimate of drug-likeness (QED) is 0.786. The Morgan fingerprint density at radius 2 is 2.18 bits per heavy atom. The predicted molar refractivity (Wildman–Crippen MR) is 60.7 cm³/mol. The number of aliphatic hydroxyl groups excluding tert-OH is 1. The van der Waals surface area contributed by atoms with Crippen LogP contribution < -0.4 is 0 Å². The molecule has 0 aliphatic heterocycles. The zero-order chi connectivity index (χ0) is 12.4. The maximum Gasteiger partial charge on any atom is 0.339 e. The lowest BCUT2D eigenvalue weighted by atomic mass is 9.88. The molecule has 1 atom stereocenters. The molecule has 0 radical (unpaired) electrons. The molecular formula is C13H14O4. The minimum Gasteiger partial charge on any atom is -0.467 e. The molecule has 1 aromatic rings. The van der Waals surface area contributed by atoms with Crippen molar-refractivity contribution in [3.05, 3.63) is 34.9 Å². The first-order valence-corrected chi connectivity index (χ1v) is 5.55. The number of ether oxygens (including phenoxy) is 1. The first kappa shape index (κ1) is 11.8. The normalized spacial score (nSPS) is 16.2. The topological polar surface area (TPSA) is 63.6 Å². The van der Waals surface area contributed by atoms with E-state index in [1.165, 1.54) is 7.11 Å². The van der Waals surface area contributed by atoms with Crippen LogP contribution in [0.25, 0.3) is 0 Å². The second kappa shape index (κ2) is 4.67. The van der Waals surface area contributed by atoms with E-state index in [1.807, 2.05) is 0 Å². The van der Waals surface area contributed by atoms with Gasteiger partial charge in [0.2, 0.25) is 0 Å². The van der Waals surface area contributed by atoms with Gasteiger partial charge in [0.05, 0.1) is 7.11 Å². The Morgan fingerprint density at radius 1 is 1.41 bits per heavy atom. The number of hydrogen-bond acceptors (Lipinski definition) is 4. The van der Waals surface area contributed by atoms with Gasteiger partial charge in [0.25, 0.3) is 0 Å². The Bertz CT molecular complexity index is 464. The van der Waals surface area contributed by atoms with E-state index >= 15 is 0 Å². The first-order chi connectivity index (χ1) is 8.13. The number of ketones is 1. The summed E-state index contributed by atoms with van der Waals surface area (Å²) in [5.41, 5.74) is 2.09. The third kappa shape index (κ3) is 2.22. The number of esters is 1. The Hall–Kier alpha value is -1.68. The summed E-state index contributed by atoms with van der Waals surface area (Å²) in [5.74, 6) is -0.558. The molecule has 1 N–H and O–H groups in total. The van der Waals surface area contributed by atoms with E-state index < -0.39 is 12.1 Å². The van der Waals surface area contributed by atoms with Crippen LogP contribution in [0.1, 0.15) is 40.4 Å². The lowest BCUT2D eigenvalue weighted by Gasteiger charge is -2.17. The number of fused-ring (bicyclic) bond motifs is 1. The molecule has 0 amide bonds. The first-order valence-electron chi connectivity index (χ1n) is 5.55. The highest BCUT2D eigenvalue weighted by Crippen LogP contribution is 2.25. The van der Waals surface area contributed by atoms with E-state index in [0.717, 1.165) is 18.4 Å². The van der Waals surface area contributed by atoms with Gasteiger partial charge < -0.3 is 9.84 Å². The van der Waals surface area contributed by atoms with E-state index in [9.17, 15) is 14.7 Å². The summed E-state index contributed by atoms with van der Waals surface area (Å²) in [4.78, 5) is 22.8. The van der Waals surface area contributed by atoms with Crippen molar-refractivity contribution >= 4 is 11.8 Å². The molecular weight excluding hydrogens is 220 g/mol. The third-order valence-electron chi connectivity index (χ3n) is 3.02. The van der Waals surface area contributed by atoms with Gasteiger partial charge in [-0.05, 0) is 24.0 Å². The standard InChI is InChI=1S/C13H14O4/c1-17-13(16)12(15)9-5-6-10-8(7-9)3-2-4-11(10)14/h5-7,12,15H,2-4H2,1H3. The van der Waals surface area contributed by atoms with Gasteiger partial charge in [0, 0.05) is 12.0 Å². The second-order valence-corrected chi connectivity index (χ2v) is 4.12. The molecule has 1 aliphatic rings. The van der Waals surface area contributed by atoms with Gasteiger partial charge in [-0.25, -0.2) is 4.79 Å². The lowest BCUT2D eigenvalue weighted by molar-refractivity contribution is -0.150. The largest absolute Gasteiger partial charge is 0.467 e. The number of methoxy groups -OCH3 is 1. The number of benzene rings is 1. The summed E-state index contributed by atoms with van der Waals surface area (Å²) in [7, 11) is 1.23. The zero-order valence-electron chi connectivity index (χ0n) is 9.60. The predicted octanol–water partition coefficient (Wildman–Crippen LogP) is 1.41. The maximum atomic E-state index is 11.6. The van der Waals surface area contributed by atoms with Gasteiger partial charge in [0.1, 0.15) is 0 Å². The van der Waals surface area contributed by atoms with Gasteiger partial charge in [-0.15, -0.1) is 0 Å². The van der Waals surface area contributed by atoms with Crippen LogP contribution in [0, 0.1) is 0 Å². The number of Topliss-reactive ketones (excluding diaryl/α,β-unsaturated/α-hetero) is 1. The Morgan fingerprint density at radius 3 is 2.88 bits per heavy atom. The average Bonchev–Trinajstić information content (AvgIpc) is 2.37. The van der Waals surface area contributed by atoms with Crippen LogP contribution in [0.4, 0.5) is 0 Å². The number of carbonyl (C=O) groups is 2. The van der Waals surface area contributed by atoms with Crippen LogP contribution in [0.15, 0.2) is 18.2 Å². The van der Waals surface area contributed by atoms with Crippen LogP contribution in [-0.2, 0) is 16.0 Å². The lowest BCUT2D eigenvalue weighted by Crippen LogP contribution is -2.16. The van der Waals surface area contributed by atoms with E-state index in [0.29, 0.717) is 17.5 Å². The smallest absolute Gasteiger partial charge is 0.339 e. The number of aliphatic hydroxyl groups is 1. The van der Waals surface area contributed by atoms with Crippen molar-refractivity contribution in [1.82, 2.24) is 0 Å². The monoisotopic (exact) mass is 234 g/mol. The van der Waals surface area contributed by atoms with Crippen LogP contribution in [-0.4, -0.2) is 24.0 Å². The fourth-order valence-electron chi connectivity index (χ4n) is 2.08. The number of rotatable bonds is 2. The fourth-order valence-corrected chi connectivity index (χ4v) is 2.08. The maximum absolute atomic E-state index is 11.6. The van der Waals surface area contributed by atoms with Crippen molar-refractivity contribution in [3.63, 3.8) is 0 Å². The van der Waals surface area contributed by atoms with Crippen LogP contribution in [0.3, 0.4) is 0 Å². The number of aryl methyl sites for hydroxylation is 1. The van der Waals surface area contributed by atoms with Gasteiger partial charge in [-0.2, -0.15) is 0 Å². The van der Waals surface area contributed by atoms with Crippen LogP contribution >= 0.6 is 0 Å². The van der Waals surface area contributed by atoms with E-state index in [2.05, 4.69) is 4.74 Å². The zero-order valence-corrected chi connectivity index (χ0v) is 9.60. The molecule has 0 fully saturated rings. The van der Waals surface area contributed by atoms with Crippen molar-refractivity contribution < 1.29 is 19.4 Å². The highest BCUT2D eigenvalue weighted by Gasteiger charge is 2.22. The van der Waals surface area contributed by atoms with Crippen molar-refractivity contribution in [1.29, 1.82) is 0 Å². The summed E-state index contributed by atoms with van der Waals surface area (Å²) < 4.78 is 4.48. The Balaban J connectivity index is 2.33. The van der Waals surface area contributed by atoms with Crippen LogP contribution in [0.5, 0.6) is 0 Å². The summed E-state index contributed by atoms with van der Waals surface area (Å²) in [6.07, 6.45) is 0.931. The van der Waals surface area contributed by atoms with Crippen molar-refractivity contribution in [3.8, 4) is 0 Å². The molecule has 0 saturated heterocycles. The number of hydrogen-bond donors (Lipinski definition) is 1. The highest BCUT2D eigenvalue weighted by atomic mass is 16.5. The summed E-state index contributed by atoms with van der Waals surface area (Å²) in [6, 6.07) is 5.00. The molecule has 4 heteroatoms. The molecule has 90 valence electrons. The third-order valence-corrected chi connectivity index (χ3v) is 3.02. The van der Waals surface area contributed by atoms with Gasteiger partial charge in [-0.1, -0.05) is 18.2 Å². The molecule has 0 heterocycles. The van der Waals surface area contributed by atoms with E-state index in [4.69, 9.17) is 0 Å². The summed E-state index contributed by atoms with van der Waals surface area (Å²) >= 11 is 0. The van der Waals surface area contributed by atoms with Crippen molar-refractivity contribution in [2.45, 2.75) is 25.4 Å². The van der Waals surface area contributed by atoms with E-state index in [1.54, 1.807) is 18.2 Å².